The van der Waals surface area contributed by atoms with Crippen molar-refractivity contribution in [1.82, 2.24) is 0 Å². The van der Waals surface area contributed by atoms with Crippen LogP contribution in [0, 0.1) is 11.3 Å². The minimum atomic E-state index is -0.345. The number of allylic oxidation sites excluding steroid dienone is 2. The van der Waals surface area contributed by atoms with Gasteiger partial charge in [-0.3, -0.25) is 9.59 Å². The number of hydrogen-bond donors (Lipinski definition) is 0. The maximum atomic E-state index is 11.7. The van der Waals surface area contributed by atoms with Gasteiger partial charge in [0.2, 0.25) is 0 Å². The Morgan fingerprint density at radius 1 is 1.09 bits per heavy atom. The molecule has 0 N–H and O–H groups in total. The Morgan fingerprint density at radius 3 is 2.30 bits per heavy atom. The van der Waals surface area contributed by atoms with Crippen LogP contribution in [0.1, 0.15) is 91.4 Å². The van der Waals surface area contributed by atoms with Crippen molar-refractivity contribution in [3.63, 3.8) is 0 Å². The summed E-state index contributed by atoms with van der Waals surface area (Å²) in [6.45, 7) is 6.57. The van der Waals surface area contributed by atoms with Crippen molar-refractivity contribution < 1.29 is 14.3 Å². The highest BCUT2D eigenvalue weighted by atomic mass is 16.6. The molecule has 0 spiro atoms. The van der Waals surface area contributed by atoms with Crippen LogP contribution in [-0.2, 0) is 14.3 Å². The van der Waals surface area contributed by atoms with Gasteiger partial charge in [-0.15, -0.1) is 0 Å². The van der Waals surface area contributed by atoms with Crippen LogP contribution in [0.25, 0.3) is 0 Å². The van der Waals surface area contributed by atoms with Gasteiger partial charge in [-0.05, 0) is 57.3 Å². The molecule has 1 aliphatic rings. The van der Waals surface area contributed by atoms with E-state index in [2.05, 4.69) is 32.9 Å². The molecule has 0 aromatic rings. The quantitative estimate of drug-likeness (QED) is 0.204. The zero-order valence-electron chi connectivity index (χ0n) is 15.2. The fourth-order valence-electron chi connectivity index (χ4n) is 3.96. The Balaban J connectivity index is 2.58. The third kappa shape index (κ3) is 6.88. The molecule has 1 heterocycles. The van der Waals surface area contributed by atoms with E-state index in [0.717, 1.165) is 19.3 Å². The average Bonchev–Trinajstić information content (AvgIpc) is 2.83. The van der Waals surface area contributed by atoms with Gasteiger partial charge in [0.1, 0.15) is 0 Å². The van der Waals surface area contributed by atoms with E-state index in [9.17, 15) is 9.59 Å². The molecule has 1 saturated heterocycles. The van der Waals surface area contributed by atoms with Gasteiger partial charge in [0.15, 0.2) is 0 Å². The SMILES string of the molecule is CC=CCCCCC(CCC)(CCC)CCC1CC(=O)OC1=O. The van der Waals surface area contributed by atoms with E-state index < -0.39 is 0 Å². The highest BCUT2D eigenvalue weighted by Gasteiger charge is 2.36. The average molecular weight is 322 g/mol. The molecule has 0 bridgehead atoms. The number of unbranched alkanes of at least 4 members (excludes halogenated alkanes) is 2. The first-order valence-corrected chi connectivity index (χ1v) is 9.42. The third-order valence-corrected chi connectivity index (χ3v) is 5.11. The lowest BCUT2D eigenvalue weighted by atomic mass is 9.71. The standard InChI is InChI=1S/C20H34O3/c1-4-7-8-9-10-14-20(12-5-2,13-6-3)15-11-17-16-18(21)23-19(17)22/h4,7,17H,5-6,8-16H2,1-3H3. The Bertz CT molecular complexity index is 392. The number of carbonyl (C=O) groups excluding carboxylic acids is 2. The number of cyclic esters (lactones) is 2. The van der Waals surface area contributed by atoms with Crippen molar-refractivity contribution in [3.8, 4) is 0 Å². The summed E-state index contributed by atoms with van der Waals surface area (Å²) in [5.41, 5.74) is 0.339. The van der Waals surface area contributed by atoms with E-state index in [1.807, 2.05) is 0 Å². The zero-order chi connectivity index (χ0) is 17.1. The molecule has 0 saturated carbocycles. The first-order chi connectivity index (χ1) is 11.1. The second kappa shape index (κ2) is 10.6. The molecule has 0 aromatic heterocycles. The number of rotatable bonds is 12. The number of esters is 2. The minimum Gasteiger partial charge on any atom is -0.393 e. The van der Waals surface area contributed by atoms with Crippen molar-refractivity contribution in [1.29, 1.82) is 0 Å². The topological polar surface area (TPSA) is 43.4 Å². The summed E-state index contributed by atoms with van der Waals surface area (Å²) in [6, 6.07) is 0. The van der Waals surface area contributed by atoms with Gasteiger partial charge < -0.3 is 4.74 Å². The lowest BCUT2D eigenvalue weighted by Gasteiger charge is -2.34. The van der Waals surface area contributed by atoms with Crippen LogP contribution in [0.4, 0.5) is 0 Å². The molecule has 3 nitrogen and oxygen atoms in total. The fraction of sp³-hybridized carbons (Fsp3) is 0.800. The summed E-state index contributed by atoms with van der Waals surface area (Å²) < 4.78 is 4.70. The van der Waals surface area contributed by atoms with Gasteiger partial charge in [0, 0.05) is 0 Å². The summed E-state index contributed by atoms with van der Waals surface area (Å²) in [5.74, 6) is -0.841. The number of ether oxygens (including phenoxy) is 1. The lowest BCUT2D eigenvalue weighted by molar-refractivity contribution is -0.153. The Labute approximate surface area is 141 Å². The Hall–Kier alpha value is -1.12. The Kier molecular flexibility index (Phi) is 9.20. The first-order valence-electron chi connectivity index (χ1n) is 9.42. The minimum absolute atomic E-state index is 0.196. The highest BCUT2D eigenvalue weighted by molar-refractivity contribution is 5.94. The van der Waals surface area contributed by atoms with Crippen LogP contribution in [0.5, 0.6) is 0 Å². The molecule has 132 valence electrons. The summed E-state index contributed by atoms with van der Waals surface area (Å²) in [4.78, 5) is 23.0. The van der Waals surface area contributed by atoms with Crippen molar-refractivity contribution in [2.45, 2.75) is 91.4 Å². The summed E-state index contributed by atoms with van der Waals surface area (Å²) >= 11 is 0. The lowest BCUT2D eigenvalue weighted by Crippen LogP contribution is -2.23. The van der Waals surface area contributed by atoms with Gasteiger partial charge in [-0.25, -0.2) is 0 Å². The number of carbonyl (C=O) groups is 2. The Morgan fingerprint density at radius 2 is 1.78 bits per heavy atom. The molecular formula is C20H34O3. The molecule has 1 aliphatic heterocycles. The monoisotopic (exact) mass is 322 g/mol. The third-order valence-electron chi connectivity index (χ3n) is 5.11. The summed E-state index contributed by atoms with van der Waals surface area (Å²) in [5, 5.41) is 0. The summed E-state index contributed by atoms with van der Waals surface area (Å²) in [7, 11) is 0. The van der Waals surface area contributed by atoms with Crippen molar-refractivity contribution in [2.75, 3.05) is 0 Å². The van der Waals surface area contributed by atoms with E-state index in [1.165, 1.54) is 44.9 Å². The molecule has 3 heteroatoms. The van der Waals surface area contributed by atoms with Crippen LogP contribution in [-0.4, -0.2) is 11.9 Å². The first kappa shape index (κ1) is 19.9. The maximum Gasteiger partial charge on any atom is 0.317 e. The maximum absolute atomic E-state index is 11.7. The van der Waals surface area contributed by atoms with E-state index in [0.29, 0.717) is 5.41 Å². The van der Waals surface area contributed by atoms with Crippen molar-refractivity contribution in [2.24, 2.45) is 11.3 Å². The molecule has 1 unspecified atom stereocenters. The van der Waals surface area contributed by atoms with Crippen LogP contribution >= 0.6 is 0 Å². The molecule has 0 aromatic carbocycles. The van der Waals surface area contributed by atoms with Crippen LogP contribution in [0.2, 0.25) is 0 Å². The molecule has 0 radical (unpaired) electrons. The molecule has 1 rings (SSSR count). The van der Waals surface area contributed by atoms with E-state index in [1.54, 1.807) is 0 Å². The highest BCUT2D eigenvalue weighted by Crippen LogP contribution is 2.42. The largest absolute Gasteiger partial charge is 0.393 e. The van der Waals surface area contributed by atoms with Crippen LogP contribution in [0.3, 0.4) is 0 Å². The smallest absolute Gasteiger partial charge is 0.317 e. The summed E-state index contributed by atoms with van der Waals surface area (Å²) in [6.07, 6.45) is 16.2. The predicted molar refractivity (Wildman–Crippen MR) is 94.0 cm³/mol. The molecular weight excluding hydrogens is 288 g/mol. The van der Waals surface area contributed by atoms with Gasteiger partial charge in [0.25, 0.3) is 0 Å². The number of hydrogen-bond acceptors (Lipinski definition) is 3. The van der Waals surface area contributed by atoms with E-state index >= 15 is 0 Å². The molecule has 1 atom stereocenters. The molecule has 1 fully saturated rings. The van der Waals surface area contributed by atoms with Crippen LogP contribution in [0.15, 0.2) is 12.2 Å². The van der Waals surface area contributed by atoms with Gasteiger partial charge >= 0.3 is 11.9 Å². The molecule has 23 heavy (non-hydrogen) atoms. The van der Waals surface area contributed by atoms with Crippen molar-refractivity contribution in [3.05, 3.63) is 12.2 Å². The second-order valence-corrected chi connectivity index (χ2v) is 7.05. The van der Waals surface area contributed by atoms with Gasteiger partial charge in [-0.2, -0.15) is 0 Å². The molecule has 0 aliphatic carbocycles. The zero-order valence-corrected chi connectivity index (χ0v) is 15.2. The fourth-order valence-corrected chi connectivity index (χ4v) is 3.96. The molecule has 0 amide bonds. The van der Waals surface area contributed by atoms with Crippen molar-refractivity contribution >= 4 is 11.9 Å². The van der Waals surface area contributed by atoms with Gasteiger partial charge in [0.05, 0.1) is 12.3 Å². The second-order valence-electron chi connectivity index (χ2n) is 7.05. The normalized spacial score (nSPS) is 18.8. The van der Waals surface area contributed by atoms with E-state index in [-0.39, 0.29) is 24.3 Å². The van der Waals surface area contributed by atoms with E-state index in [4.69, 9.17) is 4.74 Å². The van der Waals surface area contributed by atoms with Gasteiger partial charge in [-0.1, -0.05) is 45.3 Å². The predicted octanol–water partition coefficient (Wildman–Crippen LogP) is 5.58. The van der Waals surface area contributed by atoms with Crippen LogP contribution < -0.4 is 0 Å².